The van der Waals surface area contributed by atoms with E-state index in [1.54, 1.807) is 0 Å². The van der Waals surface area contributed by atoms with Crippen LogP contribution in [0.15, 0.2) is 18.2 Å². The van der Waals surface area contributed by atoms with Crippen molar-refractivity contribution in [2.24, 2.45) is 5.41 Å². The van der Waals surface area contributed by atoms with Crippen molar-refractivity contribution < 1.29 is 9.90 Å². The molecule has 0 spiro atoms. The van der Waals surface area contributed by atoms with Gasteiger partial charge in [0.15, 0.2) is 0 Å². The molecule has 0 aliphatic heterocycles. The number of aliphatic hydroxyl groups is 1. The third kappa shape index (κ3) is 5.07. The molecule has 108 valence electrons. The molecule has 1 rings (SSSR count). The second-order valence-electron chi connectivity index (χ2n) is 6.00. The summed E-state index contributed by atoms with van der Waals surface area (Å²) in [4.78, 5) is 12.2. The molecule has 0 aliphatic rings. The summed E-state index contributed by atoms with van der Waals surface area (Å²) in [5.41, 5.74) is 2.43. The number of carbonyl (C=O) groups is 1. The standard InChI is InChI=1S/C17H23NO2/c1-13-14(8-5-6-11-19)9-7-10-15(13)16(20)18-12-17(2,3)4/h7,9-10,19H,6,11-12H2,1-4H3,(H,18,20). The van der Waals surface area contributed by atoms with Crippen LogP contribution < -0.4 is 5.32 Å². The lowest BCUT2D eigenvalue weighted by molar-refractivity contribution is 0.0938. The number of hydrogen-bond acceptors (Lipinski definition) is 2. The summed E-state index contributed by atoms with van der Waals surface area (Å²) in [6.45, 7) is 8.82. The van der Waals surface area contributed by atoms with E-state index in [1.165, 1.54) is 0 Å². The zero-order chi connectivity index (χ0) is 15.2. The lowest BCUT2D eigenvalue weighted by Crippen LogP contribution is -2.32. The van der Waals surface area contributed by atoms with Crippen molar-refractivity contribution in [3.63, 3.8) is 0 Å². The van der Waals surface area contributed by atoms with Crippen LogP contribution in [0, 0.1) is 24.2 Å². The summed E-state index contributed by atoms with van der Waals surface area (Å²) in [5, 5.41) is 11.7. The molecule has 0 aliphatic carbocycles. The SMILES string of the molecule is Cc1c(C#CCCO)cccc1C(=O)NCC(C)(C)C. The van der Waals surface area contributed by atoms with Crippen LogP contribution in [-0.4, -0.2) is 24.2 Å². The van der Waals surface area contributed by atoms with Gasteiger partial charge in [-0.25, -0.2) is 0 Å². The minimum absolute atomic E-state index is 0.0534. The van der Waals surface area contributed by atoms with Gasteiger partial charge >= 0.3 is 0 Å². The van der Waals surface area contributed by atoms with Crippen LogP contribution in [0.5, 0.6) is 0 Å². The first-order valence-electron chi connectivity index (χ1n) is 6.83. The van der Waals surface area contributed by atoms with Gasteiger partial charge in [-0.1, -0.05) is 38.7 Å². The highest BCUT2D eigenvalue weighted by Crippen LogP contribution is 2.15. The zero-order valence-corrected chi connectivity index (χ0v) is 12.7. The summed E-state index contributed by atoms with van der Waals surface area (Å²) in [6.07, 6.45) is 0.444. The number of amides is 1. The Hall–Kier alpha value is -1.79. The van der Waals surface area contributed by atoms with Gasteiger partial charge in [-0.2, -0.15) is 0 Å². The average molecular weight is 273 g/mol. The summed E-state index contributed by atoms with van der Waals surface area (Å²) >= 11 is 0. The molecule has 0 atom stereocenters. The largest absolute Gasteiger partial charge is 0.395 e. The molecule has 1 aromatic carbocycles. The van der Waals surface area contributed by atoms with E-state index in [0.717, 1.165) is 11.1 Å². The van der Waals surface area contributed by atoms with Gasteiger partial charge in [-0.05, 0) is 30.0 Å². The Morgan fingerprint density at radius 3 is 2.65 bits per heavy atom. The van der Waals surface area contributed by atoms with Crippen molar-refractivity contribution in [3.05, 3.63) is 34.9 Å². The number of carbonyl (C=O) groups excluding carboxylic acids is 1. The predicted molar refractivity (Wildman–Crippen MR) is 81.5 cm³/mol. The molecular formula is C17H23NO2. The van der Waals surface area contributed by atoms with Gasteiger partial charge in [0.05, 0.1) is 6.61 Å². The molecule has 0 radical (unpaired) electrons. The fraction of sp³-hybridized carbons (Fsp3) is 0.471. The van der Waals surface area contributed by atoms with Crippen molar-refractivity contribution in [1.82, 2.24) is 5.32 Å². The van der Waals surface area contributed by atoms with Gasteiger partial charge in [-0.3, -0.25) is 4.79 Å². The summed E-state index contributed by atoms with van der Waals surface area (Å²) in [6, 6.07) is 5.53. The molecule has 0 fully saturated rings. The molecule has 3 nitrogen and oxygen atoms in total. The number of rotatable bonds is 3. The molecule has 0 saturated heterocycles. The van der Waals surface area contributed by atoms with E-state index in [1.807, 2.05) is 25.1 Å². The molecule has 1 aromatic rings. The molecule has 0 aromatic heterocycles. The molecule has 2 N–H and O–H groups in total. The van der Waals surface area contributed by atoms with Crippen molar-refractivity contribution in [1.29, 1.82) is 0 Å². The third-order valence-corrected chi connectivity index (χ3v) is 2.82. The smallest absolute Gasteiger partial charge is 0.251 e. The van der Waals surface area contributed by atoms with Crippen LogP contribution in [0.1, 0.15) is 48.7 Å². The number of aliphatic hydroxyl groups excluding tert-OH is 1. The first kappa shape index (κ1) is 16.3. The van der Waals surface area contributed by atoms with Crippen LogP contribution in [-0.2, 0) is 0 Å². The van der Waals surface area contributed by atoms with Crippen molar-refractivity contribution in [2.45, 2.75) is 34.1 Å². The third-order valence-electron chi connectivity index (χ3n) is 2.82. The van der Waals surface area contributed by atoms with Crippen LogP contribution in [0.3, 0.4) is 0 Å². The minimum Gasteiger partial charge on any atom is -0.395 e. The maximum absolute atomic E-state index is 12.2. The van der Waals surface area contributed by atoms with Crippen LogP contribution in [0.2, 0.25) is 0 Å². The average Bonchev–Trinajstić information content (AvgIpc) is 2.37. The van der Waals surface area contributed by atoms with E-state index in [4.69, 9.17) is 5.11 Å². The van der Waals surface area contributed by atoms with Gasteiger partial charge in [0.1, 0.15) is 0 Å². The Bertz CT molecular complexity index is 530. The molecule has 3 heteroatoms. The van der Waals surface area contributed by atoms with E-state index in [9.17, 15) is 4.79 Å². The highest BCUT2D eigenvalue weighted by atomic mass is 16.2. The maximum atomic E-state index is 12.2. The number of hydrogen-bond donors (Lipinski definition) is 2. The molecule has 0 bridgehead atoms. The normalized spacial score (nSPS) is 10.7. The van der Waals surface area contributed by atoms with E-state index < -0.39 is 0 Å². The van der Waals surface area contributed by atoms with Gasteiger partial charge < -0.3 is 10.4 Å². The molecule has 0 saturated carbocycles. The molecule has 0 unspecified atom stereocenters. The Labute approximate surface area is 121 Å². The van der Waals surface area contributed by atoms with Crippen molar-refractivity contribution in [3.8, 4) is 11.8 Å². The second-order valence-corrected chi connectivity index (χ2v) is 6.00. The molecular weight excluding hydrogens is 250 g/mol. The van der Waals surface area contributed by atoms with Gasteiger partial charge in [0, 0.05) is 24.1 Å². The number of nitrogens with one attached hydrogen (secondary N) is 1. The second kappa shape index (κ2) is 7.12. The lowest BCUT2D eigenvalue weighted by Gasteiger charge is -2.19. The van der Waals surface area contributed by atoms with Crippen molar-refractivity contribution in [2.75, 3.05) is 13.2 Å². The Balaban J connectivity index is 2.89. The minimum atomic E-state index is -0.0665. The Morgan fingerprint density at radius 1 is 1.35 bits per heavy atom. The topological polar surface area (TPSA) is 49.3 Å². The summed E-state index contributed by atoms with van der Waals surface area (Å²) < 4.78 is 0. The van der Waals surface area contributed by atoms with E-state index in [0.29, 0.717) is 18.5 Å². The van der Waals surface area contributed by atoms with Crippen LogP contribution in [0.25, 0.3) is 0 Å². The molecule has 0 heterocycles. The fourth-order valence-corrected chi connectivity index (χ4v) is 1.67. The van der Waals surface area contributed by atoms with Gasteiger partial charge in [0.2, 0.25) is 0 Å². The monoisotopic (exact) mass is 273 g/mol. The lowest BCUT2D eigenvalue weighted by atomic mass is 9.96. The molecule has 20 heavy (non-hydrogen) atoms. The van der Waals surface area contributed by atoms with Crippen LogP contribution >= 0.6 is 0 Å². The highest BCUT2D eigenvalue weighted by Gasteiger charge is 2.15. The summed E-state index contributed by atoms with van der Waals surface area (Å²) in [5.74, 6) is 5.81. The Morgan fingerprint density at radius 2 is 2.05 bits per heavy atom. The van der Waals surface area contributed by atoms with Crippen LogP contribution in [0.4, 0.5) is 0 Å². The Kier molecular flexibility index (Phi) is 5.79. The van der Waals surface area contributed by atoms with Crippen molar-refractivity contribution >= 4 is 5.91 Å². The summed E-state index contributed by atoms with van der Waals surface area (Å²) in [7, 11) is 0. The molecule has 1 amide bonds. The first-order valence-corrected chi connectivity index (χ1v) is 6.83. The highest BCUT2D eigenvalue weighted by molar-refractivity contribution is 5.96. The van der Waals surface area contributed by atoms with E-state index in [2.05, 4.69) is 37.9 Å². The maximum Gasteiger partial charge on any atom is 0.251 e. The zero-order valence-electron chi connectivity index (χ0n) is 12.7. The number of benzene rings is 1. The van der Waals surface area contributed by atoms with E-state index in [-0.39, 0.29) is 17.9 Å². The van der Waals surface area contributed by atoms with Gasteiger partial charge in [0.25, 0.3) is 5.91 Å². The van der Waals surface area contributed by atoms with E-state index >= 15 is 0 Å². The predicted octanol–water partition coefficient (Wildman–Crippen LogP) is 2.50. The fourth-order valence-electron chi connectivity index (χ4n) is 1.67. The first-order chi connectivity index (χ1) is 9.35. The quantitative estimate of drug-likeness (QED) is 0.831. The van der Waals surface area contributed by atoms with Gasteiger partial charge in [-0.15, -0.1) is 0 Å².